The van der Waals surface area contributed by atoms with E-state index >= 15 is 0 Å². The maximum atomic E-state index is 12.9. The number of benzene rings is 2. The Kier molecular flexibility index (Phi) is 9.25. The Morgan fingerprint density at radius 3 is 2.09 bits per heavy atom. The van der Waals surface area contributed by atoms with E-state index in [-0.39, 0.29) is 24.9 Å². The predicted molar refractivity (Wildman–Crippen MR) is 132 cm³/mol. The van der Waals surface area contributed by atoms with Gasteiger partial charge in [0.15, 0.2) is 0 Å². The summed E-state index contributed by atoms with van der Waals surface area (Å²) in [7, 11) is 1.53. The SMILES string of the molecule is COCCCC(NC(=O)C(CC(C)C)NC(=O)OCC1c2ccccc2-c2ccccc21)C(=O)O. The third-order valence-corrected chi connectivity index (χ3v) is 6.12. The zero-order chi connectivity index (χ0) is 25.4. The molecule has 3 N–H and O–H groups in total. The van der Waals surface area contributed by atoms with Crippen LogP contribution in [0.15, 0.2) is 48.5 Å². The number of hydrogen-bond acceptors (Lipinski definition) is 5. The lowest BCUT2D eigenvalue weighted by atomic mass is 9.98. The molecule has 0 bridgehead atoms. The van der Waals surface area contributed by atoms with Crippen LogP contribution in [-0.4, -0.2) is 55.5 Å². The number of amides is 2. The van der Waals surface area contributed by atoms with Crippen LogP contribution in [0.3, 0.4) is 0 Å². The summed E-state index contributed by atoms with van der Waals surface area (Å²) >= 11 is 0. The first-order valence-corrected chi connectivity index (χ1v) is 12.0. The second-order valence-corrected chi connectivity index (χ2v) is 9.19. The number of rotatable bonds is 12. The third kappa shape index (κ3) is 6.82. The molecule has 3 rings (SSSR count). The van der Waals surface area contributed by atoms with Gasteiger partial charge in [0, 0.05) is 19.6 Å². The van der Waals surface area contributed by atoms with Crippen molar-refractivity contribution < 1.29 is 29.0 Å². The monoisotopic (exact) mass is 482 g/mol. The van der Waals surface area contributed by atoms with Gasteiger partial charge in [-0.15, -0.1) is 0 Å². The Balaban J connectivity index is 1.64. The Hall–Kier alpha value is -3.39. The third-order valence-electron chi connectivity index (χ3n) is 6.12. The van der Waals surface area contributed by atoms with E-state index in [4.69, 9.17) is 9.47 Å². The van der Waals surface area contributed by atoms with Crippen molar-refractivity contribution in [3.05, 3.63) is 59.7 Å². The lowest BCUT2D eigenvalue weighted by molar-refractivity contribution is -0.142. The molecule has 35 heavy (non-hydrogen) atoms. The number of hydrogen-bond donors (Lipinski definition) is 3. The number of carbonyl (C=O) groups is 3. The van der Waals surface area contributed by atoms with Crippen LogP contribution in [0.1, 0.15) is 50.2 Å². The number of carboxylic acids is 1. The van der Waals surface area contributed by atoms with Gasteiger partial charge in [-0.2, -0.15) is 0 Å². The highest BCUT2D eigenvalue weighted by molar-refractivity contribution is 5.89. The maximum Gasteiger partial charge on any atom is 0.407 e. The van der Waals surface area contributed by atoms with E-state index in [1.54, 1.807) is 0 Å². The summed E-state index contributed by atoms with van der Waals surface area (Å²) in [4.78, 5) is 37.2. The van der Waals surface area contributed by atoms with Crippen molar-refractivity contribution in [2.75, 3.05) is 20.3 Å². The molecule has 0 heterocycles. The minimum Gasteiger partial charge on any atom is -0.480 e. The molecule has 1 aliphatic carbocycles. The van der Waals surface area contributed by atoms with Gasteiger partial charge < -0.3 is 25.2 Å². The van der Waals surface area contributed by atoms with Crippen molar-refractivity contribution in [2.45, 2.75) is 51.1 Å². The Morgan fingerprint density at radius 2 is 1.54 bits per heavy atom. The molecule has 2 atom stereocenters. The van der Waals surface area contributed by atoms with Crippen molar-refractivity contribution in [1.82, 2.24) is 10.6 Å². The minimum atomic E-state index is -1.13. The standard InChI is InChI=1S/C27H34N2O6/c1-17(2)15-24(25(30)28-23(26(31)32)13-8-14-34-3)29-27(33)35-16-22-20-11-6-4-9-18(20)19-10-5-7-12-21(19)22/h4-7,9-12,17,22-24H,8,13-16H2,1-3H3,(H,28,30)(H,29,33)(H,31,32). The highest BCUT2D eigenvalue weighted by Crippen LogP contribution is 2.44. The fraction of sp³-hybridized carbons (Fsp3) is 0.444. The summed E-state index contributed by atoms with van der Waals surface area (Å²) in [5.74, 6) is -1.67. The second-order valence-electron chi connectivity index (χ2n) is 9.19. The predicted octanol–water partition coefficient (Wildman–Crippen LogP) is 3.94. The number of alkyl carbamates (subject to hydrolysis) is 1. The second kappa shape index (κ2) is 12.4. The van der Waals surface area contributed by atoms with Crippen LogP contribution >= 0.6 is 0 Å². The summed E-state index contributed by atoms with van der Waals surface area (Å²) < 4.78 is 10.5. The number of nitrogens with one attached hydrogen (secondary N) is 2. The molecular weight excluding hydrogens is 448 g/mol. The van der Waals surface area contributed by atoms with Gasteiger partial charge in [-0.1, -0.05) is 62.4 Å². The smallest absolute Gasteiger partial charge is 0.407 e. The first-order valence-electron chi connectivity index (χ1n) is 12.0. The molecule has 0 fully saturated rings. The molecule has 8 nitrogen and oxygen atoms in total. The van der Waals surface area contributed by atoms with Crippen LogP contribution in [-0.2, 0) is 19.1 Å². The molecule has 0 aliphatic heterocycles. The van der Waals surface area contributed by atoms with Crippen LogP contribution < -0.4 is 10.6 Å². The molecule has 2 aromatic rings. The zero-order valence-corrected chi connectivity index (χ0v) is 20.5. The van der Waals surface area contributed by atoms with Crippen LogP contribution in [0.2, 0.25) is 0 Å². The summed E-state index contributed by atoms with van der Waals surface area (Å²) in [5.41, 5.74) is 4.45. The van der Waals surface area contributed by atoms with Crippen molar-refractivity contribution in [3.63, 3.8) is 0 Å². The minimum absolute atomic E-state index is 0.0939. The lowest BCUT2D eigenvalue weighted by Gasteiger charge is -2.23. The number of fused-ring (bicyclic) bond motifs is 3. The van der Waals surface area contributed by atoms with E-state index in [2.05, 4.69) is 22.8 Å². The molecule has 2 aromatic carbocycles. The van der Waals surface area contributed by atoms with Crippen molar-refractivity contribution in [2.24, 2.45) is 5.92 Å². The van der Waals surface area contributed by atoms with E-state index in [0.29, 0.717) is 19.4 Å². The maximum absolute atomic E-state index is 12.9. The van der Waals surface area contributed by atoms with E-state index < -0.39 is 30.1 Å². The van der Waals surface area contributed by atoms with Gasteiger partial charge in [0.05, 0.1) is 0 Å². The van der Waals surface area contributed by atoms with Gasteiger partial charge in [0.2, 0.25) is 5.91 Å². The van der Waals surface area contributed by atoms with E-state index in [1.165, 1.54) is 7.11 Å². The lowest BCUT2D eigenvalue weighted by Crippen LogP contribution is -2.52. The number of ether oxygens (including phenoxy) is 2. The first kappa shape index (κ1) is 26.2. The van der Waals surface area contributed by atoms with Gasteiger partial charge in [0.25, 0.3) is 0 Å². The molecule has 1 aliphatic rings. The molecular formula is C27H34N2O6. The van der Waals surface area contributed by atoms with Crippen LogP contribution in [0.4, 0.5) is 4.79 Å². The van der Waals surface area contributed by atoms with Crippen LogP contribution in [0.5, 0.6) is 0 Å². The topological polar surface area (TPSA) is 114 Å². The van der Waals surface area contributed by atoms with Crippen LogP contribution in [0.25, 0.3) is 11.1 Å². The van der Waals surface area contributed by atoms with Crippen molar-refractivity contribution in [3.8, 4) is 11.1 Å². The highest BCUT2D eigenvalue weighted by atomic mass is 16.5. The Morgan fingerprint density at radius 1 is 0.943 bits per heavy atom. The zero-order valence-electron chi connectivity index (χ0n) is 20.5. The summed E-state index contributed by atoms with van der Waals surface area (Å²) in [6, 6.07) is 14.1. The molecule has 0 saturated carbocycles. The number of aliphatic carboxylic acids is 1. The van der Waals surface area contributed by atoms with E-state index in [0.717, 1.165) is 22.3 Å². The van der Waals surface area contributed by atoms with Crippen molar-refractivity contribution >= 4 is 18.0 Å². The molecule has 188 valence electrons. The fourth-order valence-corrected chi connectivity index (χ4v) is 4.45. The largest absolute Gasteiger partial charge is 0.480 e. The molecule has 2 amide bonds. The van der Waals surface area contributed by atoms with Gasteiger partial charge >= 0.3 is 12.1 Å². The molecule has 0 aromatic heterocycles. The molecule has 2 unspecified atom stereocenters. The van der Waals surface area contributed by atoms with Gasteiger partial charge in [-0.05, 0) is 47.4 Å². The molecule has 8 heteroatoms. The number of carbonyl (C=O) groups excluding carboxylic acids is 2. The molecule has 0 radical (unpaired) electrons. The Bertz CT molecular complexity index is 992. The molecule has 0 spiro atoms. The summed E-state index contributed by atoms with van der Waals surface area (Å²) in [5, 5.41) is 14.7. The fourth-order valence-electron chi connectivity index (χ4n) is 4.45. The summed E-state index contributed by atoms with van der Waals surface area (Å²) in [6.07, 6.45) is 0.357. The van der Waals surface area contributed by atoms with Gasteiger partial charge in [-0.25, -0.2) is 9.59 Å². The average molecular weight is 483 g/mol. The average Bonchev–Trinajstić information content (AvgIpc) is 3.15. The molecule has 0 saturated heterocycles. The van der Waals surface area contributed by atoms with E-state index in [9.17, 15) is 19.5 Å². The van der Waals surface area contributed by atoms with Gasteiger partial charge in [-0.3, -0.25) is 4.79 Å². The van der Waals surface area contributed by atoms with Crippen molar-refractivity contribution in [1.29, 1.82) is 0 Å². The first-order chi connectivity index (χ1) is 16.8. The highest BCUT2D eigenvalue weighted by Gasteiger charge is 2.31. The van der Waals surface area contributed by atoms with Crippen LogP contribution in [0, 0.1) is 5.92 Å². The number of carboxylic acid groups (broad SMARTS) is 1. The normalized spacial score (nSPS) is 14.1. The quantitative estimate of drug-likeness (QED) is 0.395. The summed E-state index contributed by atoms with van der Waals surface area (Å²) in [6.45, 7) is 4.37. The number of methoxy groups -OCH3 is 1. The van der Waals surface area contributed by atoms with Gasteiger partial charge in [0.1, 0.15) is 18.7 Å². The van der Waals surface area contributed by atoms with E-state index in [1.807, 2.05) is 50.2 Å². The Labute approximate surface area is 206 Å².